The second-order valence-corrected chi connectivity index (χ2v) is 4.32. The first-order valence-corrected chi connectivity index (χ1v) is 5.64. The molecule has 1 nitrogen and oxygen atoms in total. The molecule has 3 heteroatoms. The van der Waals surface area contributed by atoms with Crippen molar-refractivity contribution in [3.8, 4) is 0 Å². The first-order valence-electron chi connectivity index (χ1n) is 4.41. The van der Waals surface area contributed by atoms with E-state index in [2.05, 4.69) is 47.2 Å². The molecule has 14 heavy (non-hydrogen) atoms. The third kappa shape index (κ3) is 3.03. The third-order valence-electron chi connectivity index (χ3n) is 1.98. The van der Waals surface area contributed by atoms with E-state index < -0.39 is 0 Å². The maximum atomic E-state index is 5.44. The summed E-state index contributed by atoms with van der Waals surface area (Å²) in [4.78, 5) is 0. The minimum absolute atomic E-state index is 0.757. The maximum Gasteiger partial charge on any atom is 0.0402 e. The minimum atomic E-state index is 0.757. The first-order chi connectivity index (χ1) is 6.65. The van der Waals surface area contributed by atoms with Crippen LogP contribution in [0.4, 0.5) is 5.69 Å². The van der Waals surface area contributed by atoms with Crippen molar-refractivity contribution in [1.82, 2.24) is 0 Å². The molecule has 0 aliphatic rings. The van der Waals surface area contributed by atoms with E-state index in [-0.39, 0.29) is 0 Å². The number of nitrogens with one attached hydrogen (secondary N) is 1. The van der Waals surface area contributed by atoms with Crippen molar-refractivity contribution in [2.45, 2.75) is 13.8 Å². The number of halogens is 2. The van der Waals surface area contributed by atoms with Crippen LogP contribution in [0.2, 0.25) is 0 Å². The molecular formula is C11H13BrClN. The molecule has 0 aromatic heterocycles. The maximum absolute atomic E-state index is 5.44. The van der Waals surface area contributed by atoms with E-state index in [0.29, 0.717) is 0 Å². The number of hydrogen-bond donors (Lipinski definition) is 1. The molecule has 0 amide bonds. The van der Waals surface area contributed by atoms with E-state index in [1.54, 1.807) is 0 Å². The second kappa shape index (κ2) is 5.42. The Morgan fingerprint density at radius 1 is 1.36 bits per heavy atom. The molecule has 0 radical (unpaired) electrons. The van der Waals surface area contributed by atoms with Gasteiger partial charge in [0.15, 0.2) is 0 Å². The van der Waals surface area contributed by atoms with Gasteiger partial charge in [-0.2, -0.15) is 0 Å². The average molecular weight is 275 g/mol. The lowest BCUT2D eigenvalue weighted by molar-refractivity contribution is 1.26. The Balaban J connectivity index is 2.85. The predicted octanol–water partition coefficient (Wildman–Crippen LogP) is 4.23. The topological polar surface area (TPSA) is 12.0 Å². The van der Waals surface area contributed by atoms with E-state index in [9.17, 15) is 0 Å². The Hall–Kier alpha value is -0.470. The summed E-state index contributed by atoms with van der Waals surface area (Å²) < 4.78 is 1.12. The zero-order valence-corrected chi connectivity index (χ0v) is 10.6. The van der Waals surface area contributed by atoms with Gasteiger partial charge in [0.05, 0.1) is 0 Å². The summed E-state index contributed by atoms with van der Waals surface area (Å²) >= 11 is 8.91. The molecule has 0 unspecified atom stereocenters. The van der Waals surface area contributed by atoms with Gasteiger partial charge in [-0.15, -0.1) is 0 Å². The van der Waals surface area contributed by atoms with E-state index in [1.165, 1.54) is 22.3 Å². The number of aryl methyl sites for hydroxylation is 2. The fourth-order valence-corrected chi connectivity index (χ4v) is 2.17. The molecule has 0 bridgehead atoms. The summed E-state index contributed by atoms with van der Waals surface area (Å²) in [7, 11) is 0. The summed E-state index contributed by atoms with van der Waals surface area (Å²) in [5, 5.41) is 3.32. The Morgan fingerprint density at radius 2 is 1.93 bits per heavy atom. The first kappa shape index (κ1) is 11.6. The predicted molar refractivity (Wildman–Crippen MR) is 67.1 cm³/mol. The smallest absolute Gasteiger partial charge is 0.0402 e. The van der Waals surface area contributed by atoms with Gasteiger partial charge >= 0.3 is 0 Å². The zero-order valence-electron chi connectivity index (χ0n) is 8.27. The van der Waals surface area contributed by atoms with E-state index >= 15 is 0 Å². The molecule has 0 saturated carbocycles. The van der Waals surface area contributed by atoms with Crippen molar-refractivity contribution in [3.05, 3.63) is 39.3 Å². The number of benzene rings is 1. The zero-order chi connectivity index (χ0) is 10.6. The van der Waals surface area contributed by atoms with Crippen LogP contribution in [0.3, 0.4) is 0 Å². The molecule has 1 aromatic rings. The van der Waals surface area contributed by atoms with Gasteiger partial charge in [-0.05, 0) is 37.1 Å². The van der Waals surface area contributed by atoms with E-state index in [1.807, 2.05) is 6.08 Å². The van der Waals surface area contributed by atoms with Crippen molar-refractivity contribution >= 4 is 33.2 Å². The molecular weight excluding hydrogens is 261 g/mol. The summed E-state index contributed by atoms with van der Waals surface area (Å²) in [5.41, 5.74) is 5.18. The molecule has 1 N–H and O–H groups in total. The molecule has 0 aliphatic heterocycles. The van der Waals surface area contributed by atoms with Crippen LogP contribution >= 0.6 is 27.5 Å². The van der Waals surface area contributed by atoms with Gasteiger partial charge in [-0.1, -0.05) is 33.6 Å². The largest absolute Gasteiger partial charge is 0.381 e. The summed E-state index contributed by atoms with van der Waals surface area (Å²) in [6.07, 6.45) is 1.88. The summed E-state index contributed by atoms with van der Waals surface area (Å²) in [5.74, 6) is 0. The summed E-state index contributed by atoms with van der Waals surface area (Å²) in [6.45, 7) is 4.93. The van der Waals surface area contributed by atoms with Gasteiger partial charge in [0.25, 0.3) is 0 Å². The number of rotatable bonds is 3. The normalized spacial score (nSPS) is 10.9. The van der Waals surface area contributed by atoms with Crippen LogP contribution in [0.25, 0.3) is 0 Å². The van der Waals surface area contributed by atoms with Crippen molar-refractivity contribution < 1.29 is 0 Å². The van der Waals surface area contributed by atoms with E-state index in [0.717, 1.165) is 11.0 Å². The van der Waals surface area contributed by atoms with Crippen LogP contribution < -0.4 is 5.32 Å². The van der Waals surface area contributed by atoms with Gasteiger partial charge in [0, 0.05) is 22.2 Å². The van der Waals surface area contributed by atoms with Crippen LogP contribution in [0.1, 0.15) is 11.1 Å². The highest BCUT2D eigenvalue weighted by Gasteiger charge is 2.02. The molecule has 1 rings (SSSR count). The molecule has 0 spiro atoms. The van der Waals surface area contributed by atoms with Gasteiger partial charge in [-0.3, -0.25) is 0 Å². The molecule has 0 atom stereocenters. The lowest BCUT2D eigenvalue weighted by Gasteiger charge is -2.11. The molecule has 0 aliphatic carbocycles. The van der Waals surface area contributed by atoms with Crippen molar-refractivity contribution in [2.75, 3.05) is 11.9 Å². The third-order valence-corrected chi connectivity index (χ3v) is 2.62. The summed E-state index contributed by atoms with van der Waals surface area (Å²) in [6, 6.07) is 4.19. The van der Waals surface area contributed by atoms with Gasteiger partial charge in [0.1, 0.15) is 0 Å². The van der Waals surface area contributed by atoms with Crippen LogP contribution in [-0.4, -0.2) is 6.54 Å². The van der Waals surface area contributed by atoms with E-state index in [4.69, 9.17) is 11.6 Å². The van der Waals surface area contributed by atoms with Crippen LogP contribution in [0, 0.1) is 13.8 Å². The fourth-order valence-electron chi connectivity index (χ4n) is 1.40. The Morgan fingerprint density at radius 3 is 2.43 bits per heavy atom. The van der Waals surface area contributed by atoms with Gasteiger partial charge in [-0.25, -0.2) is 0 Å². The highest BCUT2D eigenvalue weighted by Crippen LogP contribution is 2.24. The number of anilines is 1. The van der Waals surface area contributed by atoms with Crippen molar-refractivity contribution in [1.29, 1.82) is 0 Å². The van der Waals surface area contributed by atoms with Crippen LogP contribution in [-0.2, 0) is 0 Å². The second-order valence-electron chi connectivity index (χ2n) is 3.16. The molecule has 0 saturated heterocycles. The molecule has 76 valence electrons. The fraction of sp³-hybridized carbons (Fsp3) is 0.273. The highest BCUT2D eigenvalue weighted by molar-refractivity contribution is 9.10. The minimum Gasteiger partial charge on any atom is -0.381 e. The standard InChI is InChI=1S/C11H13BrClN/c1-8-6-10(12)7-9(2)11(8)14-5-3-4-13/h3-4,6-7,14H,5H2,1-2H3/b4-3+. The average Bonchev–Trinajstić information content (AvgIpc) is 2.09. The number of hydrogen-bond acceptors (Lipinski definition) is 1. The van der Waals surface area contributed by atoms with Crippen molar-refractivity contribution in [2.24, 2.45) is 0 Å². The van der Waals surface area contributed by atoms with Gasteiger partial charge < -0.3 is 5.32 Å². The quantitative estimate of drug-likeness (QED) is 0.870. The highest BCUT2D eigenvalue weighted by atomic mass is 79.9. The Bertz CT molecular complexity index is 324. The van der Waals surface area contributed by atoms with Gasteiger partial charge in [0.2, 0.25) is 0 Å². The lowest BCUT2D eigenvalue weighted by Crippen LogP contribution is -2.02. The van der Waals surface area contributed by atoms with Crippen LogP contribution in [0.15, 0.2) is 28.2 Å². The van der Waals surface area contributed by atoms with Crippen molar-refractivity contribution in [3.63, 3.8) is 0 Å². The monoisotopic (exact) mass is 273 g/mol. The Kier molecular flexibility index (Phi) is 4.49. The SMILES string of the molecule is Cc1cc(Br)cc(C)c1NC/C=C/Cl. The molecule has 0 fully saturated rings. The molecule has 1 aromatic carbocycles. The Labute approximate surface area is 98.3 Å². The lowest BCUT2D eigenvalue weighted by atomic mass is 10.1. The molecule has 0 heterocycles. The van der Waals surface area contributed by atoms with Crippen LogP contribution in [0.5, 0.6) is 0 Å².